The number of pyridine rings is 4. The molecule has 0 spiro atoms. The van der Waals surface area contributed by atoms with E-state index in [1.807, 2.05) is 146 Å². The van der Waals surface area contributed by atoms with E-state index in [-0.39, 0.29) is 11.2 Å². The van der Waals surface area contributed by atoms with Crippen LogP contribution in [0.4, 0.5) is 39.5 Å². The fraction of sp³-hybridized carbons (Fsp3) is 0.107. The Morgan fingerprint density at radius 2 is 0.629 bits per heavy atom. The van der Waals surface area contributed by atoms with Crippen LogP contribution < -0.4 is 9.65 Å². The average molecular weight is 1780 g/mol. The summed E-state index contributed by atoms with van der Waals surface area (Å²) in [5, 5.41) is -4.76. The molecule has 1 saturated heterocycles. The van der Waals surface area contributed by atoms with Crippen molar-refractivity contribution in [2.45, 2.75) is 73.0 Å². The summed E-state index contributed by atoms with van der Waals surface area (Å²) in [7, 11) is -7.49. The van der Waals surface area contributed by atoms with Crippen molar-refractivity contribution in [1.29, 1.82) is 0 Å². The molecule has 650 valence electrons. The third-order valence-electron chi connectivity index (χ3n) is 25.5. The van der Waals surface area contributed by atoms with Crippen LogP contribution in [0, 0.1) is 0 Å². The third kappa shape index (κ3) is 15.2. The molecule has 4 aromatic heterocycles. The Bertz CT molecular complexity index is 7350. The van der Waals surface area contributed by atoms with Gasteiger partial charge in [-0.3, -0.25) is 9.97 Å². The number of fused-ring (bicyclic) bond motifs is 8. The first kappa shape index (κ1) is 86.7. The minimum absolute atomic E-state index is 0.384. The summed E-state index contributed by atoms with van der Waals surface area (Å²) in [5.74, 6) is -15.8. The highest BCUT2D eigenvalue weighted by Gasteiger charge is 2.86. The summed E-state index contributed by atoms with van der Waals surface area (Å²) in [5.41, 5.74) is 28.0. The Labute approximate surface area is 757 Å². The van der Waals surface area contributed by atoms with Crippen molar-refractivity contribution >= 4 is 44.5 Å². The van der Waals surface area contributed by atoms with Crippen LogP contribution in [0.2, 0.25) is 0 Å². The van der Waals surface area contributed by atoms with Gasteiger partial charge in [-0.15, -0.1) is 0 Å². The first-order chi connectivity index (χ1) is 63.6. The molecule has 18 aromatic rings. The smallest absolute Gasteiger partial charge is 0.399 e. The van der Waals surface area contributed by atoms with Crippen molar-refractivity contribution in [3.05, 3.63) is 457 Å². The van der Waals surface area contributed by atoms with E-state index in [1.54, 1.807) is 12.3 Å². The number of rotatable bonds is 17. The second-order valence-electron chi connectivity index (χ2n) is 33.7. The zero-order chi connectivity index (χ0) is 91.6. The molecule has 0 amide bonds. The zero-order valence-corrected chi connectivity index (χ0v) is 72.3. The lowest BCUT2D eigenvalue weighted by atomic mass is 9.67. The van der Waals surface area contributed by atoms with Crippen molar-refractivity contribution < 1.29 is 61.4 Å². The normalized spacial score (nSPS) is 14.5. The fourth-order valence-corrected chi connectivity index (χ4v) is 19.2. The second-order valence-corrected chi connectivity index (χ2v) is 35.3. The molecule has 0 bridgehead atoms. The quantitative estimate of drug-likeness (QED) is 0.0499. The molecule has 20 heteroatoms. The monoisotopic (exact) mass is 1770 g/mol. The highest BCUT2D eigenvalue weighted by molar-refractivity contribution is 7.88. The second kappa shape index (κ2) is 34.0. The lowest BCUT2D eigenvalue weighted by molar-refractivity contribution is -0.382. The van der Waals surface area contributed by atoms with Crippen LogP contribution in [-0.4, -0.2) is 70.0 Å². The lowest BCUT2D eigenvalue weighted by Gasteiger charge is -2.34. The molecule has 3 aliphatic rings. The Balaban J connectivity index is 0.000000132. The van der Waals surface area contributed by atoms with E-state index in [4.69, 9.17) is 19.3 Å². The van der Waals surface area contributed by atoms with E-state index < -0.39 is 57.1 Å². The number of nitrogens with zero attached hydrogens (tertiary/aromatic N) is 4. The van der Waals surface area contributed by atoms with E-state index in [2.05, 4.69) is 272 Å². The largest absolute Gasteiger partial charge is 0.494 e. The van der Waals surface area contributed by atoms with E-state index in [0.29, 0.717) is 11.1 Å². The molecule has 21 rings (SSSR count). The summed E-state index contributed by atoms with van der Waals surface area (Å²) in [6.07, 6.45) is -3.57. The molecule has 0 radical (unpaired) electrons. The van der Waals surface area contributed by atoms with Gasteiger partial charge >= 0.3 is 40.5 Å². The van der Waals surface area contributed by atoms with Gasteiger partial charge < -0.3 is 13.5 Å². The maximum atomic E-state index is 14.2. The van der Waals surface area contributed by atoms with Gasteiger partial charge in [-0.25, -0.2) is 9.97 Å². The van der Waals surface area contributed by atoms with Crippen molar-refractivity contribution in [1.82, 2.24) is 19.9 Å². The number of hydrogen-bond acceptors (Lipinski definition) is 9. The maximum Gasteiger partial charge on any atom is 0.494 e. The van der Waals surface area contributed by atoms with E-state index in [0.717, 1.165) is 129 Å². The molecule has 132 heavy (non-hydrogen) atoms. The van der Waals surface area contributed by atoms with Crippen LogP contribution in [0.15, 0.2) is 413 Å². The molecular formula is C112H80BF9N4O5S. The maximum absolute atomic E-state index is 14.2. The molecular weight excluding hydrogens is 1700 g/mol. The summed E-state index contributed by atoms with van der Waals surface area (Å²) < 4.78 is 161. The molecule has 5 heterocycles. The molecule has 0 saturated carbocycles. The minimum atomic E-state index is -7.40. The van der Waals surface area contributed by atoms with E-state index in [9.17, 15) is 47.9 Å². The van der Waals surface area contributed by atoms with Gasteiger partial charge in [0.15, 0.2) is 0 Å². The summed E-state index contributed by atoms with van der Waals surface area (Å²) >= 11 is 0. The molecule has 1 aliphatic heterocycles. The van der Waals surface area contributed by atoms with E-state index in [1.165, 1.54) is 56.6 Å². The molecule has 0 atom stereocenters. The Hall–Kier alpha value is -14.7. The van der Waals surface area contributed by atoms with Gasteiger partial charge in [0.25, 0.3) is 0 Å². The molecule has 1 fully saturated rings. The first-order valence-corrected chi connectivity index (χ1v) is 44.2. The number of hydrogen-bond donors (Lipinski definition) is 0. The van der Waals surface area contributed by atoms with Crippen LogP contribution in [0.5, 0.6) is 5.75 Å². The van der Waals surface area contributed by atoms with Crippen molar-refractivity contribution in [2.24, 2.45) is 0 Å². The van der Waals surface area contributed by atoms with Gasteiger partial charge in [-0.05, 0) is 228 Å². The van der Waals surface area contributed by atoms with Gasteiger partial charge in [0.1, 0.15) is 5.75 Å². The van der Waals surface area contributed by atoms with Gasteiger partial charge in [0, 0.05) is 23.2 Å². The Morgan fingerprint density at radius 3 is 1.02 bits per heavy atom. The van der Waals surface area contributed by atoms with Crippen molar-refractivity contribution in [3.63, 3.8) is 0 Å². The zero-order valence-electron chi connectivity index (χ0n) is 71.5. The minimum Gasteiger partial charge on any atom is -0.399 e. The lowest BCUT2D eigenvalue weighted by Crippen LogP contribution is -2.63. The topological polar surface area (TPSA) is 113 Å². The number of halogens is 9. The van der Waals surface area contributed by atoms with Crippen LogP contribution in [0.25, 0.3) is 122 Å². The van der Waals surface area contributed by atoms with Crippen LogP contribution in [0.1, 0.15) is 72.2 Å². The van der Waals surface area contributed by atoms with Gasteiger partial charge in [0.05, 0.1) is 55.8 Å². The van der Waals surface area contributed by atoms with Crippen LogP contribution >= 0.6 is 0 Å². The number of alkyl halides is 9. The summed E-state index contributed by atoms with van der Waals surface area (Å²) in [6.45, 7) is 8.27. The Kier molecular flexibility index (Phi) is 22.3. The molecule has 0 unspecified atom stereocenters. The average Bonchev–Trinajstić information content (AvgIpc) is 1.57. The first-order valence-electron chi connectivity index (χ1n) is 42.8. The predicted molar refractivity (Wildman–Crippen MR) is 504 cm³/mol. The fourth-order valence-electron chi connectivity index (χ4n) is 18.3. The summed E-state index contributed by atoms with van der Waals surface area (Å²) in [6, 6.07) is 134. The van der Waals surface area contributed by atoms with Crippen molar-refractivity contribution in [2.75, 3.05) is 0 Å². The van der Waals surface area contributed by atoms with Gasteiger partial charge in [-0.2, -0.15) is 47.9 Å². The van der Waals surface area contributed by atoms with Gasteiger partial charge in [0.2, 0.25) is 0 Å². The Morgan fingerprint density at radius 1 is 0.295 bits per heavy atom. The number of benzene rings is 14. The third-order valence-corrected chi connectivity index (χ3v) is 26.8. The molecule has 9 nitrogen and oxygen atoms in total. The highest BCUT2D eigenvalue weighted by Crippen LogP contribution is 2.60. The standard InChI is InChI=1S/C51H34N2.C35H21F9O3S.C26H25BN2O2/c1-4-14-37(15-5-1)45-34-50(48-22-12-13-31-52-48)53-49-33-39(28-30-44(45)49)36-25-23-35(24-26-36)38-27-29-43-42-20-10-11-21-46(42)51(47(43)32-38,40-16-6-2-7-17-40)41-18-8-3-9-19-41;36-32(37,34(40,41)42)33(38,39)35(43,44)48(45,46)47-26-18-15-22(16-19-26)23-17-20-28-27-13-7-8-14-29(27)31(30(28)21-23,24-9-3-1-4-10-24)25-11-5-2-6-12-25;1-25(2)26(3,4)31-27(30-25)19-13-14-20-21(18-10-6-5-7-11-18)17-24(29-23(20)16-19)22-12-8-9-15-28-22/h1-34H;1-21H;5-17H,1-4H3. The summed E-state index contributed by atoms with van der Waals surface area (Å²) in [4.78, 5) is 19.2. The van der Waals surface area contributed by atoms with E-state index >= 15 is 0 Å². The SMILES string of the molecule is CC1(C)OB(c2ccc3c(-c4ccccc4)cc(-c4ccccn4)nc3c2)OC1(C)C.O=S(=O)(Oc1ccc(-c2ccc3c(c2)C(c2ccccc2)(c2ccccc2)c2ccccc2-3)cc1)C(F)(F)C(F)(F)C(F)(F)C(F)(F)F.c1ccc(-c2cc(-c3ccccn3)nc3cc(-c4ccc(-c5ccc6c(c5)C(c5ccccc5)(c5ccccc5)c5ccccc5-6)cc4)ccc23)cc1. The molecule has 2 aliphatic carbocycles. The molecule has 0 N–H and O–H groups in total. The van der Waals surface area contributed by atoms with Crippen molar-refractivity contribution in [3.8, 4) is 106 Å². The predicted octanol–water partition coefficient (Wildman–Crippen LogP) is 27.8. The van der Waals surface area contributed by atoms with Crippen LogP contribution in [0.3, 0.4) is 0 Å². The van der Waals surface area contributed by atoms with Crippen LogP contribution in [-0.2, 0) is 30.3 Å². The van der Waals surface area contributed by atoms with Gasteiger partial charge in [-0.1, -0.05) is 328 Å². The highest BCUT2D eigenvalue weighted by atomic mass is 32.2. The number of aromatic nitrogens is 4. The molecule has 14 aromatic carbocycles.